The van der Waals surface area contributed by atoms with Crippen molar-refractivity contribution >= 4 is 34.7 Å². The number of nitrogens with one attached hydrogen (secondary N) is 1. The Morgan fingerprint density at radius 1 is 1.23 bits per heavy atom. The summed E-state index contributed by atoms with van der Waals surface area (Å²) in [6, 6.07) is 16.1. The van der Waals surface area contributed by atoms with Gasteiger partial charge in [0, 0.05) is 24.2 Å². The second-order valence-electron chi connectivity index (χ2n) is 9.05. The van der Waals surface area contributed by atoms with Crippen LogP contribution < -0.4 is 5.32 Å². The zero-order valence-electron chi connectivity index (χ0n) is 18.3. The lowest BCUT2D eigenvalue weighted by atomic mass is 10.1. The average molecular weight is 441 g/mol. The Hall–Kier alpha value is -2.73. The minimum Gasteiger partial charge on any atom is -0.444 e. The number of hydrogen-bond acceptors (Lipinski definition) is 4. The largest absolute Gasteiger partial charge is 0.444 e. The number of nitrogens with zero attached hydrogens (tertiary/aromatic N) is 3. The summed E-state index contributed by atoms with van der Waals surface area (Å²) < 4.78 is 7.74. The molecule has 1 N–H and O–H groups in total. The van der Waals surface area contributed by atoms with Gasteiger partial charge in [-0.3, -0.25) is 0 Å². The van der Waals surface area contributed by atoms with E-state index in [2.05, 4.69) is 22.0 Å². The number of ether oxygens (including phenoxy) is 1. The number of piperidine rings is 1. The summed E-state index contributed by atoms with van der Waals surface area (Å²) in [5.74, 6) is 0.803. The quantitative estimate of drug-likeness (QED) is 0.577. The Morgan fingerprint density at radius 3 is 2.81 bits per heavy atom. The van der Waals surface area contributed by atoms with Crippen molar-refractivity contribution in [2.75, 3.05) is 18.4 Å². The fourth-order valence-electron chi connectivity index (χ4n) is 3.93. The third-order valence-corrected chi connectivity index (χ3v) is 5.53. The second-order valence-corrected chi connectivity index (χ2v) is 9.49. The highest BCUT2D eigenvalue weighted by atomic mass is 35.5. The molecule has 1 amide bonds. The number of aromatic nitrogens is 2. The highest BCUT2D eigenvalue weighted by Crippen LogP contribution is 2.25. The summed E-state index contributed by atoms with van der Waals surface area (Å²) in [6.07, 6.45) is 1.64. The summed E-state index contributed by atoms with van der Waals surface area (Å²) in [6.45, 7) is 7.64. The Bertz CT molecular complexity index is 1070. The third kappa shape index (κ3) is 5.31. The number of carbonyl (C=O) groups excluding carboxylic acids is 1. The average Bonchev–Trinajstić information content (AvgIpc) is 3.04. The molecule has 0 radical (unpaired) electrons. The molecule has 0 unspecified atom stereocenters. The first-order chi connectivity index (χ1) is 14.8. The van der Waals surface area contributed by atoms with Crippen LogP contribution in [-0.2, 0) is 11.3 Å². The molecule has 3 aromatic rings. The van der Waals surface area contributed by atoms with Crippen LogP contribution in [0.25, 0.3) is 11.0 Å². The van der Waals surface area contributed by atoms with E-state index in [-0.39, 0.29) is 12.1 Å². The highest BCUT2D eigenvalue weighted by Gasteiger charge is 2.28. The molecule has 4 rings (SSSR count). The number of amides is 1. The van der Waals surface area contributed by atoms with Crippen molar-refractivity contribution in [2.45, 2.75) is 51.8 Å². The summed E-state index contributed by atoms with van der Waals surface area (Å²) in [7, 11) is 0. The monoisotopic (exact) mass is 440 g/mol. The van der Waals surface area contributed by atoms with Crippen LogP contribution in [0.1, 0.15) is 39.2 Å². The normalized spacial score (nSPS) is 17.0. The van der Waals surface area contributed by atoms with E-state index < -0.39 is 5.60 Å². The number of likely N-dealkylation sites (tertiary alicyclic amines) is 1. The van der Waals surface area contributed by atoms with Crippen LogP contribution in [0.4, 0.5) is 10.7 Å². The molecule has 31 heavy (non-hydrogen) atoms. The van der Waals surface area contributed by atoms with E-state index in [0.29, 0.717) is 19.6 Å². The number of benzene rings is 2. The fraction of sp³-hybridized carbons (Fsp3) is 0.417. The van der Waals surface area contributed by atoms with E-state index in [1.807, 2.05) is 57.2 Å². The van der Waals surface area contributed by atoms with Crippen molar-refractivity contribution in [3.8, 4) is 0 Å². The van der Waals surface area contributed by atoms with E-state index >= 15 is 0 Å². The van der Waals surface area contributed by atoms with Gasteiger partial charge in [-0.25, -0.2) is 9.78 Å². The first kappa shape index (κ1) is 21.5. The molecule has 6 nitrogen and oxygen atoms in total. The summed E-state index contributed by atoms with van der Waals surface area (Å²) in [5, 5.41) is 4.31. The number of imidazole rings is 1. The van der Waals surface area contributed by atoms with Crippen molar-refractivity contribution in [2.24, 2.45) is 0 Å². The molecule has 7 heteroatoms. The minimum atomic E-state index is -0.498. The van der Waals surface area contributed by atoms with Crippen molar-refractivity contribution < 1.29 is 9.53 Å². The lowest BCUT2D eigenvalue weighted by Crippen LogP contribution is -2.47. The van der Waals surface area contributed by atoms with Gasteiger partial charge in [0.05, 0.1) is 17.6 Å². The number of rotatable bonds is 4. The lowest BCUT2D eigenvalue weighted by molar-refractivity contribution is 0.0206. The van der Waals surface area contributed by atoms with Gasteiger partial charge < -0.3 is 19.5 Å². The fourth-order valence-corrected chi connectivity index (χ4v) is 4.15. The molecular weight excluding hydrogens is 412 g/mol. The van der Waals surface area contributed by atoms with Crippen molar-refractivity contribution in [3.05, 3.63) is 59.1 Å². The Kier molecular flexibility index (Phi) is 6.10. The van der Waals surface area contributed by atoms with Crippen LogP contribution in [0, 0.1) is 0 Å². The van der Waals surface area contributed by atoms with Gasteiger partial charge >= 0.3 is 6.09 Å². The smallest absolute Gasteiger partial charge is 0.410 e. The number of halogens is 1. The Morgan fingerprint density at radius 2 is 2.03 bits per heavy atom. The van der Waals surface area contributed by atoms with Crippen molar-refractivity contribution in [1.82, 2.24) is 14.5 Å². The summed E-state index contributed by atoms with van der Waals surface area (Å²) in [5.41, 5.74) is 2.61. The molecule has 1 fully saturated rings. The maximum atomic E-state index is 12.5. The standard InChI is InChI=1S/C24H29ClN4O2/c1-24(2,3)31-23(30)28-13-7-10-19(16-28)26-22-27-20-11-4-5-12-21(20)29(22)15-17-8-6-9-18(25)14-17/h4-6,8-9,11-12,14,19H,7,10,13,15-16H2,1-3H3,(H,26,27)/t19-/m1/s1. The predicted octanol–water partition coefficient (Wildman–Crippen LogP) is 5.55. The minimum absolute atomic E-state index is 0.108. The molecule has 164 valence electrons. The predicted molar refractivity (Wildman–Crippen MR) is 125 cm³/mol. The molecule has 1 aliphatic heterocycles. The highest BCUT2D eigenvalue weighted by molar-refractivity contribution is 6.30. The molecule has 0 spiro atoms. The van der Waals surface area contributed by atoms with E-state index in [4.69, 9.17) is 21.3 Å². The van der Waals surface area contributed by atoms with Crippen LogP contribution in [0.2, 0.25) is 5.02 Å². The lowest BCUT2D eigenvalue weighted by Gasteiger charge is -2.34. The van der Waals surface area contributed by atoms with Crippen LogP contribution in [0.3, 0.4) is 0 Å². The van der Waals surface area contributed by atoms with E-state index in [1.54, 1.807) is 4.90 Å². The topological polar surface area (TPSA) is 59.4 Å². The molecule has 0 aliphatic carbocycles. The first-order valence-corrected chi connectivity index (χ1v) is 11.1. The van der Waals surface area contributed by atoms with Crippen molar-refractivity contribution in [1.29, 1.82) is 0 Å². The van der Waals surface area contributed by atoms with Gasteiger partial charge in [-0.15, -0.1) is 0 Å². The Labute approximate surface area is 188 Å². The number of fused-ring (bicyclic) bond motifs is 1. The van der Waals surface area contributed by atoms with Crippen LogP contribution in [0.15, 0.2) is 48.5 Å². The zero-order chi connectivity index (χ0) is 22.0. The van der Waals surface area contributed by atoms with E-state index in [1.165, 1.54) is 0 Å². The Balaban J connectivity index is 1.56. The van der Waals surface area contributed by atoms with Gasteiger partial charge in [0.1, 0.15) is 5.60 Å². The van der Waals surface area contributed by atoms with Crippen LogP contribution in [0.5, 0.6) is 0 Å². The number of anilines is 1. The summed E-state index contributed by atoms with van der Waals surface area (Å²) in [4.78, 5) is 19.2. The van der Waals surface area contributed by atoms with Gasteiger partial charge in [-0.2, -0.15) is 0 Å². The van der Waals surface area contributed by atoms with Crippen LogP contribution in [-0.4, -0.2) is 45.3 Å². The molecule has 2 aromatic carbocycles. The van der Waals surface area contributed by atoms with Crippen LogP contribution >= 0.6 is 11.6 Å². The molecular formula is C24H29ClN4O2. The molecule has 1 saturated heterocycles. The summed E-state index contributed by atoms with van der Waals surface area (Å²) >= 11 is 6.20. The number of hydrogen-bond donors (Lipinski definition) is 1. The molecule has 1 aliphatic rings. The van der Waals surface area contributed by atoms with Gasteiger partial charge in [0.25, 0.3) is 0 Å². The molecule has 0 saturated carbocycles. The van der Waals surface area contributed by atoms with E-state index in [9.17, 15) is 4.79 Å². The second kappa shape index (κ2) is 8.79. The van der Waals surface area contributed by atoms with E-state index in [0.717, 1.165) is 40.4 Å². The molecule has 2 heterocycles. The van der Waals surface area contributed by atoms with Gasteiger partial charge in [0.15, 0.2) is 0 Å². The maximum absolute atomic E-state index is 12.5. The molecule has 1 aromatic heterocycles. The number of carbonyl (C=O) groups is 1. The number of para-hydroxylation sites is 2. The van der Waals surface area contributed by atoms with Gasteiger partial charge in [-0.05, 0) is 63.4 Å². The maximum Gasteiger partial charge on any atom is 0.410 e. The molecule has 1 atom stereocenters. The van der Waals surface area contributed by atoms with Gasteiger partial charge in [0.2, 0.25) is 5.95 Å². The van der Waals surface area contributed by atoms with Gasteiger partial charge in [-0.1, -0.05) is 35.9 Å². The van der Waals surface area contributed by atoms with Crippen molar-refractivity contribution in [3.63, 3.8) is 0 Å². The molecule has 0 bridgehead atoms. The zero-order valence-corrected chi connectivity index (χ0v) is 19.0. The first-order valence-electron chi connectivity index (χ1n) is 10.7. The third-order valence-electron chi connectivity index (χ3n) is 5.29. The SMILES string of the molecule is CC(C)(C)OC(=O)N1CCC[C@@H](Nc2nc3ccccc3n2Cc2cccc(Cl)c2)C1.